The average Bonchev–Trinajstić information content (AvgIpc) is 2.35. The molecule has 0 aromatic heterocycles. The van der Waals surface area contributed by atoms with Gasteiger partial charge in [-0.05, 0) is 41.5 Å². The van der Waals surface area contributed by atoms with Crippen molar-refractivity contribution in [1.29, 1.82) is 0 Å². The Morgan fingerprint density at radius 1 is 1.33 bits per heavy atom. The fourth-order valence-corrected chi connectivity index (χ4v) is 2.49. The molecule has 18 heavy (non-hydrogen) atoms. The fraction of sp³-hybridized carbons (Fsp3) is 0.375. The summed E-state index contributed by atoms with van der Waals surface area (Å²) in [5.41, 5.74) is 3.18. The highest BCUT2D eigenvalue weighted by atomic mass is 16.1. The molecule has 0 heterocycles. The molecule has 0 saturated heterocycles. The predicted molar refractivity (Wildman–Crippen MR) is 71.9 cm³/mol. The molecular weight excluding hydrogens is 224 g/mol. The molecular formula is C16H18O2. The summed E-state index contributed by atoms with van der Waals surface area (Å²) in [6.45, 7) is 4.37. The van der Waals surface area contributed by atoms with Crippen LogP contribution in [0.5, 0.6) is 0 Å². The van der Waals surface area contributed by atoms with E-state index in [2.05, 4.69) is 19.9 Å². The van der Waals surface area contributed by atoms with Crippen LogP contribution in [0.1, 0.15) is 48.2 Å². The van der Waals surface area contributed by atoms with Gasteiger partial charge in [-0.1, -0.05) is 32.1 Å². The first-order chi connectivity index (χ1) is 8.54. The molecule has 1 aliphatic carbocycles. The first-order valence-corrected chi connectivity index (χ1v) is 6.31. The SMILES string of the molecule is CC1(C)CCC(=O)c2cc(C/C=C/C=O)ccc21. The molecule has 0 aliphatic heterocycles. The molecule has 0 unspecified atom stereocenters. The van der Waals surface area contributed by atoms with Crippen LogP contribution >= 0.6 is 0 Å². The zero-order valence-electron chi connectivity index (χ0n) is 10.9. The molecule has 0 atom stereocenters. The normalized spacial score (nSPS) is 17.8. The van der Waals surface area contributed by atoms with Crippen molar-refractivity contribution in [2.24, 2.45) is 0 Å². The maximum Gasteiger partial charge on any atom is 0.163 e. The van der Waals surface area contributed by atoms with Gasteiger partial charge in [0.25, 0.3) is 0 Å². The van der Waals surface area contributed by atoms with Crippen LogP contribution < -0.4 is 0 Å². The second-order valence-corrected chi connectivity index (χ2v) is 5.46. The lowest BCUT2D eigenvalue weighted by atomic mass is 9.72. The second kappa shape index (κ2) is 4.89. The Morgan fingerprint density at radius 3 is 2.83 bits per heavy atom. The van der Waals surface area contributed by atoms with Crippen molar-refractivity contribution in [3.8, 4) is 0 Å². The van der Waals surface area contributed by atoms with Crippen molar-refractivity contribution in [3.63, 3.8) is 0 Å². The van der Waals surface area contributed by atoms with Crippen LogP contribution in [-0.2, 0) is 16.6 Å². The molecule has 2 heteroatoms. The lowest BCUT2D eigenvalue weighted by Crippen LogP contribution is -2.27. The summed E-state index contributed by atoms with van der Waals surface area (Å²) in [7, 11) is 0. The number of Topliss-reactive ketones (excluding diaryl/α,β-unsaturated/α-hetero) is 1. The molecule has 0 spiro atoms. The smallest absolute Gasteiger partial charge is 0.163 e. The number of fused-ring (bicyclic) bond motifs is 1. The molecule has 0 amide bonds. The molecule has 0 saturated carbocycles. The second-order valence-electron chi connectivity index (χ2n) is 5.46. The van der Waals surface area contributed by atoms with Gasteiger partial charge in [-0.2, -0.15) is 0 Å². The Labute approximate surface area is 108 Å². The summed E-state index contributed by atoms with van der Waals surface area (Å²) in [6.07, 6.45) is 6.32. The van der Waals surface area contributed by atoms with Crippen LogP contribution in [-0.4, -0.2) is 12.1 Å². The van der Waals surface area contributed by atoms with E-state index in [1.165, 1.54) is 6.08 Å². The summed E-state index contributed by atoms with van der Waals surface area (Å²) in [5, 5.41) is 0. The van der Waals surface area contributed by atoms with Crippen LogP contribution in [0, 0.1) is 0 Å². The number of benzene rings is 1. The Hall–Kier alpha value is -1.70. The molecule has 0 N–H and O–H groups in total. The van der Waals surface area contributed by atoms with Crippen LogP contribution in [0.25, 0.3) is 0 Å². The monoisotopic (exact) mass is 242 g/mol. The van der Waals surface area contributed by atoms with Crippen molar-refractivity contribution in [2.45, 2.75) is 38.5 Å². The Balaban J connectivity index is 2.36. The van der Waals surface area contributed by atoms with E-state index in [9.17, 15) is 9.59 Å². The van der Waals surface area contributed by atoms with Crippen molar-refractivity contribution < 1.29 is 9.59 Å². The number of hydrogen-bond donors (Lipinski definition) is 0. The lowest BCUT2D eigenvalue weighted by molar-refractivity contribution is -0.104. The van der Waals surface area contributed by atoms with Crippen LogP contribution in [0.4, 0.5) is 0 Å². The molecule has 2 rings (SSSR count). The first kappa shape index (κ1) is 12.7. The number of carbonyl (C=O) groups excluding carboxylic acids is 2. The topological polar surface area (TPSA) is 34.1 Å². The van der Waals surface area contributed by atoms with Gasteiger partial charge >= 0.3 is 0 Å². The average molecular weight is 242 g/mol. The van der Waals surface area contributed by atoms with E-state index < -0.39 is 0 Å². The summed E-state index contributed by atoms with van der Waals surface area (Å²) in [4.78, 5) is 22.2. The molecule has 2 nitrogen and oxygen atoms in total. The van der Waals surface area contributed by atoms with E-state index in [0.717, 1.165) is 29.4 Å². The molecule has 0 radical (unpaired) electrons. The molecule has 1 aromatic carbocycles. The van der Waals surface area contributed by atoms with Gasteiger partial charge in [-0.25, -0.2) is 0 Å². The quantitative estimate of drug-likeness (QED) is 0.602. The number of allylic oxidation sites excluding steroid dienone is 2. The summed E-state index contributed by atoms with van der Waals surface area (Å²) in [6, 6.07) is 6.10. The lowest BCUT2D eigenvalue weighted by Gasteiger charge is -2.31. The van der Waals surface area contributed by atoms with Crippen LogP contribution in [0.15, 0.2) is 30.4 Å². The molecule has 1 aliphatic rings. The highest BCUT2D eigenvalue weighted by Crippen LogP contribution is 2.36. The van der Waals surface area contributed by atoms with Crippen molar-refractivity contribution in [1.82, 2.24) is 0 Å². The Morgan fingerprint density at radius 2 is 2.11 bits per heavy atom. The van der Waals surface area contributed by atoms with Gasteiger partial charge in [0.05, 0.1) is 0 Å². The van der Waals surface area contributed by atoms with E-state index in [1.807, 2.05) is 18.2 Å². The van der Waals surface area contributed by atoms with Gasteiger partial charge in [0, 0.05) is 12.0 Å². The van der Waals surface area contributed by atoms with E-state index in [1.54, 1.807) is 0 Å². The third-order valence-electron chi connectivity index (χ3n) is 3.66. The van der Waals surface area contributed by atoms with Crippen molar-refractivity contribution >= 4 is 12.1 Å². The third kappa shape index (κ3) is 2.42. The van der Waals surface area contributed by atoms with E-state index >= 15 is 0 Å². The van der Waals surface area contributed by atoms with Crippen molar-refractivity contribution in [2.75, 3.05) is 0 Å². The molecule has 0 fully saturated rings. The summed E-state index contributed by atoms with van der Waals surface area (Å²) >= 11 is 0. The highest BCUT2D eigenvalue weighted by molar-refractivity contribution is 5.99. The zero-order valence-corrected chi connectivity index (χ0v) is 10.9. The zero-order chi connectivity index (χ0) is 13.2. The van der Waals surface area contributed by atoms with Gasteiger partial charge in [0.2, 0.25) is 0 Å². The highest BCUT2D eigenvalue weighted by Gasteiger charge is 2.31. The largest absolute Gasteiger partial charge is 0.299 e. The van der Waals surface area contributed by atoms with Gasteiger partial charge in [-0.3, -0.25) is 9.59 Å². The minimum absolute atomic E-state index is 0.0837. The predicted octanol–water partition coefficient (Wildman–Crippen LogP) is 3.24. The van der Waals surface area contributed by atoms with Gasteiger partial charge in [0.1, 0.15) is 6.29 Å². The summed E-state index contributed by atoms with van der Waals surface area (Å²) in [5.74, 6) is 0.241. The summed E-state index contributed by atoms with van der Waals surface area (Å²) < 4.78 is 0. The van der Waals surface area contributed by atoms with E-state index in [0.29, 0.717) is 12.8 Å². The van der Waals surface area contributed by atoms with Crippen LogP contribution in [0.2, 0.25) is 0 Å². The van der Waals surface area contributed by atoms with Gasteiger partial charge in [-0.15, -0.1) is 0 Å². The minimum atomic E-state index is 0.0837. The molecule has 1 aromatic rings. The first-order valence-electron chi connectivity index (χ1n) is 6.31. The number of rotatable bonds is 3. The van der Waals surface area contributed by atoms with E-state index in [-0.39, 0.29) is 11.2 Å². The van der Waals surface area contributed by atoms with Crippen molar-refractivity contribution in [3.05, 3.63) is 47.0 Å². The minimum Gasteiger partial charge on any atom is -0.299 e. The standard InChI is InChI=1S/C16H18O2/c1-16(2)9-8-15(18)13-11-12(5-3-4-10-17)6-7-14(13)16/h3-4,6-7,10-11H,5,8-9H2,1-2H3/b4-3+. The van der Waals surface area contributed by atoms with Crippen LogP contribution in [0.3, 0.4) is 0 Å². The van der Waals surface area contributed by atoms with E-state index in [4.69, 9.17) is 0 Å². The third-order valence-corrected chi connectivity index (χ3v) is 3.66. The molecule has 0 bridgehead atoms. The maximum absolute atomic E-state index is 12.0. The van der Waals surface area contributed by atoms with Gasteiger partial charge in [0.15, 0.2) is 5.78 Å². The number of aldehydes is 1. The fourth-order valence-electron chi connectivity index (χ4n) is 2.49. The molecule has 94 valence electrons. The Bertz CT molecular complexity index is 510. The number of ketones is 1. The maximum atomic E-state index is 12.0. The van der Waals surface area contributed by atoms with Gasteiger partial charge < -0.3 is 0 Å². The Kier molecular flexibility index (Phi) is 3.46. The number of hydrogen-bond acceptors (Lipinski definition) is 2. The number of carbonyl (C=O) groups is 2.